The Balaban J connectivity index is 1.30. The Morgan fingerprint density at radius 2 is 1.51 bits per heavy atom. The Labute approximate surface area is 230 Å². The Morgan fingerprint density at radius 1 is 0.923 bits per heavy atom. The second-order valence-electron chi connectivity index (χ2n) is 11.0. The molecule has 1 saturated carbocycles. The minimum Gasteiger partial charge on any atom is -0.341 e. The standard InChI is InChI=1S/C32H37FN4O2/c1-34-30(39)35-31(25-9-5-3-6-10-25)17-19-37(20-18-31)23-27-21-32(27,26-11-7-4-8-12-26)29(38)36(2)22-24-13-15-28(33)16-14-24/h3-16,27H,17-23H2,1-2H3,(H2,34,35,39)/t27-,32+/m0/s1. The summed E-state index contributed by atoms with van der Waals surface area (Å²) in [6.07, 6.45) is 2.40. The predicted molar refractivity (Wildman–Crippen MR) is 150 cm³/mol. The van der Waals surface area contributed by atoms with Gasteiger partial charge in [-0.3, -0.25) is 4.79 Å². The number of hydrogen-bond donors (Lipinski definition) is 2. The smallest absolute Gasteiger partial charge is 0.315 e. The van der Waals surface area contributed by atoms with E-state index in [1.165, 1.54) is 12.1 Å². The lowest BCUT2D eigenvalue weighted by Gasteiger charge is -2.43. The van der Waals surface area contributed by atoms with Crippen LogP contribution in [0.15, 0.2) is 84.9 Å². The number of likely N-dealkylation sites (N-methyl/N-ethyl adjacent to an activating group) is 1. The van der Waals surface area contributed by atoms with Crippen LogP contribution in [0.3, 0.4) is 0 Å². The highest BCUT2D eigenvalue weighted by molar-refractivity contribution is 5.92. The van der Waals surface area contributed by atoms with Gasteiger partial charge in [-0.05, 0) is 54.0 Å². The van der Waals surface area contributed by atoms with Gasteiger partial charge in [0.1, 0.15) is 5.82 Å². The average molecular weight is 529 g/mol. The summed E-state index contributed by atoms with van der Waals surface area (Å²) in [7, 11) is 3.48. The van der Waals surface area contributed by atoms with Crippen LogP contribution in [0.2, 0.25) is 0 Å². The highest BCUT2D eigenvalue weighted by Crippen LogP contribution is 2.56. The Bertz CT molecular complexity index is 1280. The van der Waals surface area contributed by atoms with Gasteiger partial charge in [-0.15, -0.1) is 0 Å². The first-order chi connectivity index (χ1) is 18.9. The van der Waals surface area contributed by atoms with Gasteiger partial charge in [-0.2, -0.15) is 0 Å². The van der Waals surface area contributed by atoms with Crippen molar-refractivity contribution in [2.75, 3.05) is 33.7 Å². The quantitative estimate of drug-likeness (QED) is 0.447. The third-order valence-electron chi connectivity index (χ3n) is 8.55. The number of likely N-dealkylation sites (tertiary alicyclic amines) is 1. The van der Waals surface area contributed by atoms with E-state index in [1.807, 2.05) is 43.4 Å². The normalized spacial score (nSPS) is 22.1. The van der Waals surface area contributed by atoms with Crippen molar-refractivity contribution in [2.24, 2.45) is 5.92 Å². The number of hydrogen-bond acceptors (Lipinski definition) is 3. The molecule has 204 valence electrons. The first-order valence-corrected chi connectivity index (χ1v) is 13.7. The maximum Gasteiger partial charge on any atom is 0.315 e. The first-order valence-electron chi connectivity index (χ1n) is 13.7. The summed E-state index contributed by atoms with van der Waals surface area (Å²) < 4.78 is 13.4. The molecular formula is C32H37FN4O2. The molecule has 0 bridgehead atoms. The number of benzene rings is 3. The molecule has 2 N–H and O–H groups in total. The fourth-order valence-corrected chi connectivity index (χ4v) is 6.25. The number of rotatable bonds is 8. The van der Waals surface area contributed by atoms with Crippen LogP contribution in [-0.2, 0) is 22.3 Å². The van der Waals surface area contributed by atoms with E-state index in [1.54, 1.807) is 24.1 Å². The molecule has 0 radical (unpaired) electrons. The van der Waals surface area contributed by atoms with E-state index in [0.717, 1.165) is 55.6 Å². The van der Waals surface area contributed by atoms with Crippen molar-refractivity contribution < 1.29 is 14.0 Å². The molecule has 7 heteroatoms. The molecule has 39 heavy (non-hydrogen) atoms. The molecular weight excluding hydrogens is 491 g/mol. The fraction of sp³-hybridized carbons (Fsp3) is 0.375. The maximum absolute atomic E-state index is 14.0. The molecule has 5 rings (SSSR count). The zero-order valence-electron chi connectivity index (χ0n) is 22.7. The SMILES string of the molecule is CNC(=O)NC1(c2ccccc2)CCN(C[C@@H]2C[C@@]2(C(=O)N(C)Cc2ccc(F)cc2)c2ccccc2)CC1. The highest BCUT2D eigenvalue weighted by Gasteiger charge is 2.62. The Morgan fingerprint density at radius 3 is 2.10 bits per heavy atom. The molecule has 3 amide bonds. The predicted octanol–water partition coefficient (Wildman–Crippen LogP) is 4.66. The molecule has 1 saturated heterocycles. The number of halogens is 1. The summed E-state index contributed by atoms with van der Waals surface area (Å²) in [5.74, 6) is 0.0400. The van der Waals surface area contributed by atoms with E-state index >= 15 is 0 Å². The van der Waals surface area contributed by atoms with Gasteiger partial charge < -0.3 is 20.4 Å². The van der Waals surface area contributed by atoms with Gasteiger partial charge in [-0.1, -0.05) is 72.8 Å². The molecule has 3 aromatic carbocycles. The van der Waals surface area contributed by atoms with Crippen LogP contribution in [0.1, 0.15) is 36.0 Å². The lowest BCUT2D eigenvalue weighted by molar-refractivity contribution is -0.133. The number of nitrogens with one attached hydrogen (secondary N) is 2. The van der Waals surface area contributed by atoms with Gasteiger partial charge in [0.05, 0.1) is 11.0 Å². The highest BCUT2D eigenvalue weighted by atomic mass is 19.1. The second-order valence-corrected chi connectivity index (χ2v) is 11.0. The van der Waals surface area contributed by atoms with Gasteiger partial charge in [-0.25, -0.2) is 9.18 Å². The van der Waals surface area contributed by atoms with Crippen molar-refractivity contribution in [2.45, 2.75) is 36.8 Å². The number of carbonyl (C=O) groups is 2. The number of piperidine rings is 1. The number of amides is 3. The van der Waals surface area contributed by atoms with Gasteiger partial charge in [0.2, 0.25) is 5.91 Å². The summed E-state index contributed by atoms with van der Waals surface area (Å²) in [6.45, 7) is 2.94. The summed E-state index contributed by atoms with van der Waals surface area (Å²) in [4.78, 5) is 30.6. The van der Waals surface area contributed by atoms with Crippen molar-refractivity contribution in [1.82, 2.24) is 20.4 Å². The number of urea groups is 1. The minimum absolute atomic E-state index is 0.111. The summed E-state index contributed by atoms with van der Waals surface area (Å²) in [5, 5.41) is 5.94. The minimum atomic E-state index is -0.551. The van der Waals surface area contributed by atoms with Gasteiger partial charge in [0.15, 0.2) is 0 Å². The van der Waals surface area contributed by atoms with Crippen LogP contribution in [0.4, 0.5) is 9.18 Å². The summed E-state index contributed by atoms with van der Waals surface area (Å²) >= 11 is 0. The van der Waals surface area contributed by atoms with E-state index < -0.39 is 11.0 Å². The zero-order chi connectivity index (χ0) is 27.5. The molecule has 1 aliphatic carbocycles. The van der Waals surface area contributed by atoms with Gasteiger partial charge in [0.25, 0.3) is 0 Å². The van der Waals surface area contributed by atoms with Crippen molar-refractivity contribution in [3.63, 3.8) is 0 Å². The van der Waals surface area contributed by atoms with E-state index in [9.17, 15) is 14.0 Å². The summed E-state index contributed by atoms with van der Waals surface area (Å²) in [6, 6.07) is 26.5. The zero-order valence-corrected chi connectivity index (χ0v) is 22.7. The van der Waals surface area contributed by atoms with Crippen LogP contribution >= 0.6 is 0 Å². The molecule has 2 aliphatic rings. The Kier molecular flexibility index (Phi) is 7.71. The summed E-state index contributed by atoms with van der Waals surface area (Å²) in [5.41, 5.74) is 2.12. The number of carbonyl (C=O) groups excluding carboxylic acids is 2. The first kappa shape index (κ1) is 26.9. The van der Waals surface area contributed by atoms with Crippen molar-refractivity contribution >= 4 is 11.9 Å². The fourth-order valence-electron chi connectivity index (χ4n) is 6.25. The lowest BCUT2D eigenvalue weighted by Crippen LogP contribution is -2.55. The molecule has 1 aliphatic heterocycles. The Hall–Kier alpha value is -3.71. The maximum atomic E-state index is 14.0. The molecule has 2 atom stereocenters. The molecule has 6 nitrogen and oxygen atoms in total. The molecule has 2 fully saturated rings. The monoisotopic (exact) mass is 528 g/mol. The van der Waals surface area contributed by atoms with Crippen LogP contribution in [0.5, 0.6) is 0 Å². The van der Waals surface area contributed by atoms with Crippen molar-refractivity contribution in [3.05, 3.63) is 107 Å². The van der Waals surface area contributed by atoms with Gasteiger partial charge in [0, 0.05) is 40.3 Å². The lowest BCUT2D eigenvalue weighted by atomic mass is 9.80. The van der Waals surface area contributed by atoms with Crippen molar-refractivity contribution in [3.8, 4) is 0 Å². The van der Waals surface area contributed by atoms with Crippen LogP contribution in [0.25, 0.3) is 0 Å². The van der Waals surface area contributed by atoms with Crippen molar-refractivity contribution in [1.29, 1.82) is 0 Å². The van der Waals surface area contributed by atoms with E-state index in [-0.39, 0.29) is 23.7 Å². The molecule has 1 heterocycles. The van der Waals surface area contributed by atoms with Gasteiger partial charge >= 0.3 is 6.03 Å². The topological polar surface area (TPSA) is 64.7 Å². The number of nitrogens with zero attached hydrogens (tertiary/aromatic N) is 2. The molecule has 3 aromatic rings. The van der Waals surface area contributed by atoms with Crippen LogP contribution < -0.4 is 10.6 Å². The van der Waals surface area contributed by atoms with Crippen LogP contribution in [0, 0.1) is 11.7 Å². The second kappa shape index (κ2) is 11.2. The van der Waals surface area contributed by atoms with E-state index in [0.29, 0.717) is 6.54 Å². The third kappa shape index (κ3) is 5.55. The molecule has 0 aromatic heterocycles. The third-order valence-corrected chi connectivity index (χ3v) is 8.55. The van der Waals surface area contributed by atoms with Crippen LogP contribution in [-0.4, -0.2) is 55.5 Å². The molecule has 0 unspecified atom stereocenters. The average Bonchev–Trinajstić information content (AvgIpc) is 3.70. The van der Waals surface area contributed by atoms with E-state index in [2.05, 4.69) is 39.8 Å². The molecule has 0 spiro atoms. The largest absolute Gasteiger partial charge is 0.341 e. The van der Waals surface area contributed by atoms with E-state index in [4.69, 9.17) is 0 Å².